The van der Waals surface area contributed by atoms with Gasteiger partial charge in [0.2, 0.25) is 0 Å². The van der Waals surface area contributed by atoms with Crippen LogP contribution in [-0.2, 0) is 7.05 Å². The van der Waals surface area contributed by atoms with E-state index in [9.17, 15) is 4.79 Å². The molecule has 0 aliphatic carbocycles. The number of carbonyl (C=O) groups is 1. The number of benzene rings is 1. The quantitative estimate of drug-likeness (QED) is 0.914. The molecular formula is C14H15N3OS. The van der Waals surface area contributed by atoms with Crippen LogP contribution in [0.2, 0.25) is 0 Å². The maximum absolute atomic E-state index is 12.2. The summed E-state index contributed by atoms with van der Waals surface area (Å²) in [6.45, 7) is 0. The number of aromatic nitrogens is 2. The smallest absolute Gasteiger partial charge is 0.254 e. The molecule has 1 aliphatic rings. The van der Waals surface area contributed by atoms with Crippen molar-refractivity contribution in [3.05, 3.63) is 47.8 Å². The van der Waals surface area contributed by atoms with Gasteiger partial charge in [0.05, 0.1) is 17.8 Å². The van der Waals surface area contributed by atoms with E-state index >= 15 is 0 Å². The van der Waals surface area contributed by atoms with Crippen molar-refractivity contribution in [2.75, 3.05) is 5.75 Å². The van der Waals surface area contributed by atoms with E-state index < -0.39 is 0 Å². The van der Waals surface area contributed by atoms with Gasteiger partial charge >= 0.3 is 0 Å². The largest absolute Gasteiger partial charge is 0.345 e. The van der Waals surface area contributed by atoms with Crippen molar-refractivity contribution in [3.63, 3.8) is 0 Å². The summed E-state index contributed by atoms with van der Waals surface area (Å²) in [5, 5.41) is 7.13. The van der Waals surface area contributed by atoms with Gasteiger partial charge in [-0.1, -0.05) is 18.2 Å². The highest BCUT2D eigenvalue weighted by molar-refractivity contribution is 7.99. The van der Waals surface area contributed by atoms with Gasteiger partial charge in [-0.3, -0.25) is 9.48 Å². The van der Waals surface area contributed by atoms with Crippen molar-refractivity contribution in [1.29, 1.82) is 0 Å². The van der Waals surface area contributed by atoms with Gasteiger partial charge in [0.25, 0.3) is 5.91 Å². The highest BCUT2D eigenvalue weighted by Gasteiger charge is 2.22. The van der Waals surface area contributed by atoms with Gasteiger partial charge in [-0.2, -0.15) is 5.10 Å². The Bertz CT molecular complexity index is 608. The average molecular weight is 273 g/mol. The molecule has 2 aromatic rings. The molecule has 0 spiro atoms. The predicted molar refractivity (Wildman–Crippen MR) is 75.2 cm³/mol. The minimum atomic E-state index is -0.0557. The van der Waals surface area contributed by atoms with Crippen molar-refractivity contribution in [2.45, 2.75) is 17.4 Å². The lowest BCUT2D eigenvalue weighted by Crippen LogP contribution is -2.30. The molecule has 1 aromatic heterocycles. The fourth-order valence-corrected chi connectivity index (χ4v) is 3.40. The van der Waals surface area contributed by atoms with E-state index in [2.05, 4.69) is 22.5 Å². The van der Waals surface area contributed by atoms with Gasteiger partial charge in [-0.05, 0) is 18.1 Å². The molecule has 0 saturated heterocycles. The zero-order valence-corrected chi connectivity index (χ0v) is 11.5. The Morgan fingerprint density at radius 1 is 1.47 bits per heavy atom. The van der Waals surface area contributed by atoms with Crippen LogP contribution in [0.15, 0.2) is 41.6 Å². The van der Waals surface area contributed by atoms with Gasteiger partial charge < -0.3 is 5.32 Å². The first-order valence-corrected chi connectivity index (χ1v) is 7.24. The lowest BCUT2D eigenvalue weighted by molar-refractivity contribution is 0.0935. The number of fused-ring (bicyclic) bond motifs is 1. The van der Waals surface area contributed by atoms with E-state index in [1.807, 2.05) is 30.9 Å². The Balaban J connectivity index is 1.79. The molecule has 98 valence electrons. The summed E-state index contributed by atoms with van der Waals surface area (Å²) in [6.07, 6.45) is 4.30. The third-order valence-electron chi connectivity index (χ3n) is 3.23. The van der Waals surface area contributed by atoms with Gasteiger partial charge in [0, 0.05) is 23.9 Å². The second-order valence-corrected chi connectivity index (χ2v) is 5.74. The summed E-state index contributed by atoms with van der Waals surface area (Å²) in [7, 11) is 1.81. The Kier molecular flexibility index (Phi) is 3.29. The number of thioether (sulfide) groups is 1. The summed E-state index contributed by atoms with van der Waals surface area (Å²) in [4.78, 5) is 13.4. The van der Waals surface area contributed by atoms with Gasteiger partial charge in [-0.25, -0.2) is 0 Å². The molecule has 1 aliphatic heterocycles. The number of hydrogen-bond donors (Lipinski definition) is 1. The van der Waals surface area contributed by atoms with E-state index in [1.54, 1.807) is 17.1 Å². The Hall–Kier alpha value is -1.75. The Morgan fingerprint density at radius 2 is 2.32 bits per heavy atom. The number of hydrogen-bond acceptors (Lipinski definition) is 3. The summed E-state index contributed by atoms with van der Waals surface area (Å²) in [5.74, 6) is 0.981. The third-order valence-corrected chi connectivity index (χ3v) is 4.35. The highest BCUT2D eigenvalue weighted by Crippen LogP contribution is 2.35. The summed E-state index contributed by atoms with van der Waals surface area (Å²) >= 11 is 1.85. The maximum Gasteiger partial charge on any atom is 0.254 e. The van der Waals surface area contributed by atoms with Crippen LogP contribution in [0.4, 0.5) is 0 Å². The number of aryl methyl sites for hydroxylation is 1. The Morgan fingerprint density at radius 3 is 3.11 bits per heavy atom. The van der Waals surface area contributed by atoms with Crippen LogP contribution in [-0.4, -0.2) is 21.4 Å². The van der Waals surface area contributed by atoms with Crippen LogP contribution in [0.25, 0.3) is 0 Å². The molecule has 1 atom stereocenters. The van der Waals surface area contributed by atoms with E-state index in [-0.39, 0.29) is 11.9 Å². The monoisotopic (exact) mass is 273 g/mol. The third kappa shape index (κ3) is 2.51. The summed E-state index contributed by atoms with van der Waals surface area (Å²) in [6, 6.07) is 8.37. The number of amides is 1. The molecule has 2 heterocycles. The van der Waals surface area contributed by atoms with E-state index in [0.29, 0.717) is 5.56 Å². The van der Waals surface area contributed by atoms with Crippen molar-refractivity contribution in [1.82, 2.24) is 15.1 Å². The second-order valence-electron chi connectivity index (χ2n) is 4.60. The normalized spacial score (nSPS) is 17.8. The minimum absolute atomic E-state index is 0.0557. The van der Waals surface area contributed by atoms with Gasteiger partial charge in [0.1, 0.15) is 0 Å². The lowest BCUT2D eigenvalue weighted by Gasteiger charge is -2.25. The average Bonchev–Trinajstić information content (AvgIpc) is 2.86. The van der Waals surface area contributed by atoms with E-state index in [1.165, 1.54) is 10.5 Å². The molecule has 5 heteroatoms. The van der Waals surface area contributed by atoms with Crippen molar-refractivity contribution >= 4 is 17.7 Å². The van der Waals surface area contributed by atoms with Crippen LogP contribution < -0.4 is 5.32 Å². The molecule has 1 aromatic carbocycles. The molecule has 0 unspecified atom stereocenters. The number of nitrogens with zero attached hydrogens (tertiary/aromatic N) is 2. The minimum Gasteiger partial charge on any atom is -0.345 e. The van der Waals surface area contributed by atoms with Crippen molar-refractivity contribution in [2.24, 2.45) is 7.05 Å². The topological polar surface area (TPSA) is 46.9 Å². The van der Waals surface area contributed by atoms with Crippen LogP contribution >= 0.6 is 11.8 Å². The SMILES string of the molecule is Cn1cc(C(=O)N[C@H]2CCSc3ccccc32)cn1. The summed E-state index contributed by atoms with van der Waals surface area (Å²) in [5.41, 5.74) is 1.83. The van der Waals surface area contributed by atoms with E-state index in [0.717, 1.165) is 12.2 Å². The number of carbonyl (C=O) groups excluding carboxylic acids is 1. The lowest BCUT2D eigenvalue weighted by atomic mass is 10.0. The fourth-order valence-electron chi connectivity index (χ4n) is 2.27. The molecule has 0 radical (unpaired) electrons. The standard InChI is InChI=1S/C14H15N3OS/c1-17-9-10(8-15-17)14(18)16-12-6-7-19-13-5-3-2-4-11(12)13/h2-5,8-9,12H,6-7H2,1H3,(H,16,18)/t12-/m0/s1. The zero-order valence-electron chi connectivity index (χ0n) is 10.7. The maximum atomic E-state index is 12.2. The van der Waals surface area contributed by atoms with Crippen molar-refractivity contribution in [3.8, 4) is 0 Å². The van der Waals surface area contributed by atoms with Crippen LogP contribution in [0.3, 0.4) is 0 Å². The van der Waals surface area contributed by atoms with Crippen molar-refractivity contribution < 1.29 is 4.79 Å². The molecule has 3 rings (SSSR count). The molecule has 4 nitrogen and oxygen atoms in total. The molecule has 0 fully saturated rings. The number of nitrogens with one attached hydrogen (secondary N) is 1. The molecule has 19 heavy (non-hydrogen) atoms. The molecule has 1 N–H and O–H groups in total. The molecule has 0 saturated carbocycles. The fraction of sp³-hybridized carbons (Fsp3) is 0.286. The Labute approximate surface area is 116 Å². The predicted octanol–water partition coefficient (Wildman–Crippen LogP) is 2.39. The first-order valence-electron chi connectivity index (χ1n) is 6.25. The van der Waals surface area contributed by atoms with Gasteiger partial charge in [0.15, 0.2) is 0 Å². The molecule has 1 amide bonds. The summed E-state index contributed by atoms with van der Waals surface area (Å²) < 4.78 is 1.64. The molecule has 0 bridgehead atoms. The first-order chi connectivity index (χ1) is 9.24. The highest BCUT2D eigenvalue weighted by atomic mass is 32.2. The van der Waals surface area contributed by atoms with E-state index in [4.69, 9.17) is 0 Å². The zero-order chi connectivity index (χ0) is 13.2. The van der Waals surface area contributed by atoms with Crippen LogP contribution in [0.5, 0.6) is 0 Å². The first kappa shape index (κ1) is 12.3. The van der Waals surface area contributed by atoms with Gasteiger partial charge in [-0.15, -0.1) is 11.8 Å². The van der Waals surface area contributed by atoms with Crippen LogP contribution in [0.1, 0.15) is 28.4 Å². The molecular weight excluding hydrogens is 258 g/mol. The second kappa shape index (κ2) is 5.09. The van der Waals surface area contributed by atoms with Crippen LogP contribution in [0, 0.1) is 0 Å². The number of rotatable bonds is 2.